The number of carbonyl (C=O) groups is 2. The summed E-state index contributed by atoms with van der Waals surface area (Å²) >= 11 is 12.7. The summed E-state index contributed by atoms with van der Waals surface area (Å²) in [5.41, 5.74) is 2.21. The Kier molecular flexibility index (Phi) is 11.5. The van der Waals surface area contributed by atoms with Gasteiger partial charge in [0.15, 0.2) is 0 Å². The molecular formula is C26H35Cl2N3O4S. The van der Waals surface area contributed by atoms with Crippen LogP contribution in [-0.2, 0) is 32.6 Å². The van der Waals surface area contributed by atoms with Crippen molar-refractivity contribution in [2.45, 2.75) is 59.0 Å². The summed E-state index contributed by atoms with van der Waals surface area (Å²) in [4.78, 5) is 27.5. The van der Waals surface area contributed by atoms with E-state index in [0.717, 1.165) is 24.7 Å². The van der Waals surface area contributed by atoms with Gasteiger partial charge in [0.05, 0.1) is 11.9 Å². The van der Waals surface area contributed by atoms with Crippen LogP contribution in [-0.4, -0.2) is 50.5 Å². The van der Waals surface area contributed by atoms with Crippen LogP contribution in [0.4, 0.5) is 5.69 Å². The average Bonchev–Trinajstić information content (AvgIpc) is 2.84. The predicted molar refractivity (Wildman–Crippen MR) is 147 cm³/mol. The second kappa shape index (κ2) is 13.9. The van der Waals surface area contributed by atoms with Gasteiger partial charge in [-0.3, -0.25) is 13.9 Å². The highest BCUT2D eigenvalue weighted by Crippen LogP contribution is 2.27. The second-order valence-corrected chi connectivity index (χ2v) is 11.4. The minimum Gasteiger partial charge on any atom is -0.354 e. The van der Waals surface area contributed by atoms with Crippen molar-refractivity contribution in [1.29, 1.82) is 0 Å². The Bertz CT molecular complexity index is 1120. The molecule has 0 aliphatic carbocycles. The zero-order valence-corrected chi connectivity index (χ0v) is 23.6. The summed E-state index contributed by atoms with van der Waals surface area (Å²) in [6, 6.07) is 11.6. The molecule has 2 rings (SSSR count). The fourth-order valence-electron chi connectivity index (χ4n) is 3.73. The van der Waals surface area contributed by atoms with Gasteiger partial charge in [0.2, 0.25) is 21.8 Å². The first-order valence-electron chi connectivity index (χ1n) is 12.1. The van der Waals surface area contributed by atoms with E-state index in [9.17, 15) is 18.0 Å². The maximum atomic E-state index is 13.3. The molecule has 0 radical (unpaired) electrons. The molecule has 0 saturated carbocycles. The molecule has 2 aromatic rings. The lowest BCUT2D eigenvalue weighted by Gasteiger charge is -2.30. The molecule has 36 heavy (non-hydrogen) atoms. The molecule has 2 amide bonds. The number of hydrogen-bond donors (Lipinski definition) is 1. The van der Waals surface area contributed by atoms with Crippen LogP contribution in [0.15, 0.2) is 42.5 Å². The monoisotopic (exact) mass is 555 g/mol. The molecule has 0 spiro atoms. The molecule has 198 valence electrons. The summed E-state index contributed by atoms with van der Waals surface area (Å²) in [5, 5.41) is 3.63. The van der Waals surface area contributed by atoms with Gasteiger partial charge in [0, 0.05) is 41.7 Å². The molecule has 0 unspecified atom stereocenters. The van der Waals surface area contributed by atoms with Crippen LogP contribution in [0.1, 0.15) is 51.2 Å². The molecule has 7 nitrogen and oxygen atoms in total. The Morgan fingerprint density at radius 2 is 1.64 bits per heavy atom. The van der Waals surface area contributed by atoms with E-state index in [2.05, 4.69) is 5.32 Å². The Morgan fingerprint density at radius 1 is 1.03 bits per heavy atom. The third kappa shape index (κ3) is 8.39. The van der Waals surface area contributed by atoms with E-state index in [0.29, 0.717) is 27.8 Å². The van der Waals surface area contributed by atoms with Crippen molar-refractivity contribution >= 4 is 50.7 Å². The number of nitrogens with zero attached hydrogens (tertiary/aromatic N) is 2. The number of halogens is 2. The minimum absolute atomic E-state index is 0.0481. The summed E-state index contributed by atoms with van der Waals surface area (Å²) in [5.74, 6) is -0.568. The molecule has 2 aromatic carbocycles. The number of nitrogens with one attached hydrogen (secondary N) is 1. The predicted octanol–water partition coefficient (Wildman–Crippen LogP) is 5.05. The molecule has 10 heteroatoms. The maximum Gasteiger partial charge on any atom is 0.242 e. The summed E-state index contributed by atoms with van der Waals surface area (Å²) < 4.78 is 26.2. The van der Waals surface area contributed by atoms with Crippen LogP contribution in [0.5, 0.6) is 0 Å². The third-order valence-corrected chi connectivity index (χ3v) is 7.79. The highest BCUT2D eigenvalue weighted by atomic mass is 35.5. The van der Waals surface area contributed by atoms with Crippen LogP contribution in [0.2, 0.25) is 10.0 Å². The van der Waals surface area contributed by atoms with Crippen LogP contribution < -0.4 is 9.62 Å². The van der Waals surface area contributed by atoms with Crippen molar-refractivity contribution in [2.75, 3.05) is 23.7 Å². The minimum atomic E-state index is -3.55. The van der Waals surface area contributed by atoms with E-state index in [-0.39, 0.29) is 37.7 Å². The largest absolute Gasteiger partial charge is 0.354 e. The Labute approximate surface area is 224 Å². The molecule has 0 fully saturated rings. The van der Waals surface area contributed by atoms with Crippen LogP contribution in [0.3, 0.4) is 0 Å². The second-order valence-electron chi connectivity index (χ2n) is 8.65. The quantitative estimate of drug-likeness (QED) is 0.374. The van der Waals surface area contributed by atoms with Gasteiger partial charge in [-0.15, -0.1) is 0 Å². The van der Waals surface area contributed by atoms with E-state index in [1.807, 2.05) is 26.0 Å². The lowest BCUT2D eigenvalue weighted by Crippen LogP contribution is -2.48. The van der Waals surface area contributed by atoms with Crippen molar-refractivity contribution in [3.63, 3.8) is 0 Å². The smallest absolute Gasteiger partial charge is 0.242 e. The first-order chi connectivity index (χ1) is 17.0. The van der Waals surface area contributed by atoms with E-state index < -0.39 is 16.1 Å². The molecule has 0 aliphatic rings. The zero-order valence-electron chi connectivity index (χ0n) is 21.3. The number of sulfonamides is 1. The standard InChI is InChI=1S/C26H35Cl2N3O4S/c1-5-16-29-26(33)19(3)30(18-22-23(27)9-7-10-24(22)28)25(32)11-8-17-31(36(4,34)35)21-14-12-20(6-2)13-15-21/h7,9-10,12-15,19H,5-6,8,11,16-18H2,1-4H3,(H,29,33)/t19-/m0/s1. The number of rotatable bonds is 13. The molecule has 0 aromatic heterocycles. The van der Waals surface area contributed by atoms with E-state index in [1.54, 1.807) is 37.3 Å². The Hall–Kier alpha value is -2.29. The van der Waals surface area contributed by atoms with Crippen molar-refractivity contribution in [3.05, 3.63) is 63.6 Å². The van der Waals surface area contributed by atoms with E-state index >= 15 is 0 Å². The number of aryl methyl sites for hydroxylation is 1. The summed E-state index contributed by atoms with van der Waals surface area (Å²) in [7, 11) is -3.55. The number of hydrogen-bond acceptors (Lipinski definition) is 4. The highest BCUT2D eigenvalue weighted by molar-refractivity contribution is 7.92. The van der Waals surface area contributed by atoms with Gasteiger partial charge in [-0.05, 0) is 56.0 Å². The topological polar surface area (TPSA) is 86.8 Å². The number of carbonyl (C=O) groups excluding carboxylic acids is 2. The van der Waals surface area contributed by atoms with Crippen LogP contribution in [0.25, 0.3) is 0 Å². The van der Waals surface area contributed by atoms with Gasteiger partial charge in [-0.2, -0.15) is 0 Å². The summed E-state index contributed by atoms with van der Waals surface area (Å²) in [6.45, 7) is 6.32. The van der Waals surface area contributed by atoms with Gasteiger partial charge in [0.1, 0.15) is 6.04 Å². The first kappa shape index (κ1) is 29.9. The lowest BCUT2D eigenvalue weighted by molar-refractivity contribution is -0.140. The van der Waals surface area contributed by atoms with Crippen LogP contribution >= 0.6 is 23.2 Å². The number of amides is 2. The van der Waals surface area contributed by atoms with Gasteiger partial charge >= 0.3 is 0 Å². The fourth-order valence-corrected chi connectivity index (χ4v) is 5.22. The van der Waals surface area contributed by atoms with Gasteiger partial charge < -0.3 is 10.2 Å². The lowest BCUT2D eigenvalue weighted by atomic mass is 10.1. The molecule has 1 N–H and O–H groups in total. The first-order valence-corrected chi connectivity index (χ1v) is 14.7. The Morgan fingerprint density at radius 3 is 2.17 bits per heavy atom. The van der Waals surface area contributed by atoms with Gasteiger partial charge in [-0.25, -0.2) is 8.42 Å². The SMILES string of the molecule is CCCNC(=O)[C@H](C)N(Cc1c(Cl)cccc1Cl)C(=O)CCCN(c1ccc(CC)cc1)S(C)(=O)=O. The molecule has 1 atom stereocenters. The van der Waals surface area contributed by atoms with Gasteiger partial charge in [-0.1, -0.05) is 55.2 Å². The van der Waals surface area contributed by atoms with E-state index in [4.69, 9.17) is 23.2 Å². The van der Waals surface area contributed by atoms with E-state index in [1.165, 1.54) is 9.21 Å². The van der Waals surface area contributed by atoms with Crippen molar-refractivity contribution in [1.82, 2.24) is 10.2 Å². The molecular weight excluding hydrogens is 521 g/mol. The third-order valence-electron chi connectivity index (χ3n) is 5.89. The van der Waals surface area contributed by atoms with Crippen molar-refractivity contribution in [2.24, 2.45) is 0 Å². The molecule has 0 bridgehead atoms. The molecule has 0 saturated heterocycles. The molecule has 0 heterocycles. The van der Waals surface area contributed by atoms with Crippen LogP contribution in [0, 0.1) is 0 Å². The summed E-state index contributed by atoms with van der Waals surface area (Å²) in [6.07, 6.45) is 3.09. The number of anilines is 1. The van der Waals surface area contributed by atoms with Gasteiger partial charge in [0.25, 0.3) is 0 Å². The highest BCUT2D eigenvalue weighted by Gasteiger charge is 2.27. The van der Waals surface area contributed by atoms with Crippen molar-refractivity contribution < 1.29 is 18.0 Å². The fraction of sp³-hybridized carbons (Fsp3) is 0.462. The van der Waals surface area contributed by atoms with Crippen molar-refractivity contribution in [3.8, 4) is 0 Å². The zero-order chi connectivity index (χ0) is 26.9. The Balaban J connectivity index is 2.20. The maximum absolute atomic E-state index is 13.3. The molecule has 0 aliphatic heterocycles. The average molecular weight is 557 g/mol. The normalized spacial score (nSPS) is 12.2. The number of benzene rings is 2.